The molecule has 0 spiro atoms. The molecule has 0 fully saturated rings. The van der Waals surface area contributed by atoms with Gasteiger partial charge in [-0.05, 0) is 28.9 Å². The topological polar surface area (TPSA) is 42.7 Å². The lowest BCUT2D eigenvalue weighted by molar-refractivity contribution is 0.569. The Bertz CT molecular complexity index is 407. The maximum absolute atomic E-state index is 3.96. The van der Waals surface area contributed by atoms with Crippen molar-refractivity contribution < 1.29 is 0 Å². The lowest BCUT2D eigenvalue weighted by atomic mass is 10.1. The molecule has 15 heavy (non-hydrogen) atoms. The molecule has 5 heteroatoms. The predicted octanol–water partition coefficient (Wildman–Crippen LogP) is 1.58. The van der Waals surface area contributed by atoms with E-state index in [1.165, 1.54) is 5.56 Å². The van der Waals surface area contributed by atoms with Crippen LogP contribution in [0.1, 0.15) is 24.2 Å². The van der Waals surface area contributed by atoms with E-state index in [9.17, 15) is 0 Å². The van der Waals surface area contributed by atoms with Gasteiger partial charge in [0.15, 0.2) is 0 Å². The summed E-state index contributed by atoms with van der Waals surface area (Å²) in [6, 6.07) is 2.33. The van der Waals surface area contributed by atoms with E-state index in [0.29, 0.717) is 0 Å². The summed E-state index contributed by atoms with van der Waals surface area (Å²) in [6.45, 7) is 3.02. The number of rotatable bonds is 4. The number of aryl methyl sites for hydroxylation is 1. The van der Waals surface area contributed by atoms with E-state index in [2.05, 4.69) is 39.4 Å². The van der Waals surface area contributed by atoms with Crippen molar-refractivity contribution in [3.63, 3.8) is 0 Å². The quantitative estimate of drug-likeness (QED) is 0.854. The normalized spacial score (nSPS) is 12.9. The van der Waals surface area contributed by atoms with Crippen LogP contribution in [0, 0.1) is 0 Å². The highest BCUT2D eigenvalue weighted by Gasteiger charge is 2.16. The second kappa shape index (κ2) is 4.55. The molecule has 0 bridgehead atoms. The summed E-state index contributed by atoms with van der Waals surface area (Å²) in [5.74, 6) is 0. The second-order valence-corrected chi connectivity index (χ2v) is 4.11. The van der Waals surface area contributed by atoms with Crippen LogP contribution in [0.25, 0.3) is 0 Å². The van der Waals surface area contributed by atoms with Crippen LogP contribution >= 0.6 is 11.3 Å². The van der Waals surface area contributed by atoms with Crippen molar-refractivity contribution in [2.75, 3.05) is 6.54 Å². The molecule has 4 nitrogen and oxygen atoms in total. The van der Waals surface area contributed by atoms with Crippen molar-refractivity contribution in [3.8, 4) is 0 Å². The summed E-state index contributed by atoms with van der Waals surface area (Å²) in [4.78, 5) is 0. The summed E-state index contributed by atoms with van der Waals surface area (Å²) in [5.41, 5.74) is 2.36. The van der Waals surface area contributed by atoms with Gasteiger partial charge in [0.1, 0.15) is 0 Å². The third-order valence-electron chi connectivity index (χ3n) is 2.33. The summed E-state index contributed by atoms with van der Waals surface area (Å²) >= 11 is 1.71. The van der Waals surface area contributed by atoms with Crippen molar-refractivity contribution in [1.29, 1.82) is 0 Å². The predicted molar refractivity (Wildman–Crippen MR) is 60.8 cm³/mol. The lowest BCUT2D eigenvalue weighted by Crippen LogP contribution is -2.23. The Morgan fingerprint density at radius 2 is 2.47 bits per heavy atom. The standard InChI is InChI=1S/C10H14N4S/c1-3-11-10(8-4-5-15-7-8)9-6-12-13-14(9)2/h4-7,10-11H,3H2,1-2H3. The van der Waals surface area contributed by atoms with Crippen LogP contribution in [0.3, 0.4) is 0 Å². The van der Waals surface area contributed by atoms with Crippen molar-refractivity contribution in [2.24, 2.45) is 7.05 Å². The van der Waals surface area contributed by atoms with E-state index in [0.717, 1.165) is 12.2 Å². The van der Waals surface area contributed by atoms with Gasteiger partial charge in [0.05, 0.1) is 17.9 Å². The largest absolute Gasteiger partial charge is 0.305 e. The van der Waals surface area contributed by atoms with E-state index in [-0.39, 0.29) is 6.04 Å². The Morgan fingerprint density at radius 3 is 3.00 bits per heavy atom. The molecule has 2 aromatic rings. The number of hydrogen-bond acceptors (Lipinski definition) is 4. The average Bonchev–Trinajstić information content (AvgIpc) is 2.85. The van der Waals surface area contributed by atoms with E-state index < -0.39 is 0 Å². The molecular formula is C10H14N4S. The maximum atomic E-state index is 3.96. The fourth-order valence-corrected chi connectivity index (χ4v) is 2.28. The third-order valence-corrected chi connectivity index (χ3v) is 3.03. The molecule has 0 aliphatic carbocycles. The van der Waals surface area contributed by atoms with Crippen LogP contribution in [-0.4, -0.2) is 21.5 Å². The zero-order chi connectivity index (χ0) is 10.7. The zero-order valence-corrected chi connectivity index (χ0v) is 9.66. The van der Waals surface area contributed by atoms with Gasteiger partial charge in [-0.1, -0.05) is 12.1 Å². The average molecular weight is 222 g/mol. The molecule has 0 saturated carbocycles. The smallest absolute Gasteiger partial charge is 0.0798 e. The molecule has 0 aliphatic rings. The van der Waals surface area contributed by atoms with E-state index in [1.54, 1.807) is 11.3 Å². The Hall–Kier alpha value is -1.20. The Balaban J connectivity index is 2.32. The van der Waals surface area contributed by atoms with Crippen LogP contribution in [0.5, 0.6) is 0 Å². The number of aromatic nitrogens is 3. The number of thiophene rings is 1. The summed E-state index contributed by atoms with van der Waals surface area (Å²) in [6.07, 6.45) is 1.81. The molecule has 1 atom stereocenters. The first-order chi connectivity index (χ1) is 7.33. The van der Waals surface area contributed by atoms with Gasteiger partial charge >= 0.3 is 0 Å². The molecule has 0 aliphatic heterocycles. The van der Waals surface area contributed by atoms with Gasteiger partial charge in [-0.3, -0.25) is 4.68 Å². The highest BCUT2D eigenvalue weighted by atomic mass is 32.1. The molecule has 1 N–H and O–H groups in total. The molecule has 0 aromatic carbocycles. The third kappa shape index (κ3) is 2.08. The zero-order valence-electron chi connectivity index (χ0n) is 8.84. The Morgan fingerprint density at radius 1 is 1.60 bits per heavy atom. The molecular weight excluding hydrogens is 208 g/mol. The van der Waals surface area contributed by atoms with Crippen LogP contribution in [0.2, 0.25) is 0 Å². The monoisotopic (exact) mass is 222 g/mol. The van der Waals surface area contributed by atoms with Gasteiger partial charge in [0.25, 0.3) is 0 Å². The van der Waals surface area contributed by atoms with E-state index in [1.807, 2.05) is 17.9 Å². The van der Waals surface area contributed by atoms with Crippen LogP contribution in [-0.2, 0) is 7.05 Å². The van der Waals surface area contributed by atoms with Crippen molar-refractivity contribution in [2.45, 2.75) is 13.0 Å². The van der Waals surface area contributed by atoms with Crippen molar-refractivity contribution in [3.05, 3.63) is 34.3 Å². The molecule has 2 heterocycles. The highest BCUT2D eigenvalue weighted by molar-refractivity contribution is 7.08. The molecule has 2 rings (SSSR count). The van der Waals surface area contributed by atoms with E-state index >= 15 is 0 Å². The van der Waals surface area contributed by atoms with Gasteiger partial charge in [-0.15, -0.1) is 5.10 Å². The van der Waals surface area contributed by atoms with Crippen LogP contribution < -0.4 is 5.32 Å². The number of nitrogens with one attached hydrogen (secondary N) is 1. The molecule has 0 radical (unpaired) electrons. The van der Waals surface area contributed by atoms with Gasteiger partial charge in [0, 0.05) is 7.05 Å². The summed E-state index contributed by atoms with van der Waals surface area (Å²) < 4.78 is 1.81. The first-order valence-electron chi connectivity index (χ1n) is 4.93. The maximum Gasteiger partial charge on any atom is 0.0798 e. The molecule has 0 amide bonds. The van der Waals surface area contributed by atoms with E-state index in [4.69, 9.17) is 0 Å². The Kier molecular flexibility index (Phi) is 3.13. The molecule has 2 aromatic heterocycles. The fraction of sp³-hybridized carbons (Fsp3) is 0.400. The Labute approximate surface area is 92.9 Å². The van der Waals surface area contributed by atoms with Gasteiger partial charge < -0.3 is 5.32 Å². The van der Waals surface area contributed by atoms with Crippen LogP contribution in [0.4, 0.5) is 0 Å². The molecule has 0 saturated heterocycles. The summed E-state index contributed by atoms with van der Waals surface area (Å²) in [7, 11) is 1.92. The van der Waals surface area contributed by atoms with Gasteiger partial charge in [0.2, 0.25) is 0 Å². The number of hydrogen-bond donors (Lipinski definition) is 1. The minimum atomic E-state index is 0.196. The second-order valence-electron chi connectivity index (χ2n) is 3.33. The minimum Gasteiger partial charge on any atom is -0.305 e. The number of nitrogens with zero attached hydrogens (tertiary/aromatic N) is 3. The first kappa shape index (κ1) is 10.3. The highest BCUT2D eigenvalue weighted by Crippen LogP contribution is 2.22. The first-order valence-corrected chi connectivity index (χ1v) is 5.87. The fourth-order valence-electron chi connectivity index (χ4n) is 1.60. The van der Waals surface area contributed by atoms with Gasteiger partial charge in [-0.25, -0.2) is 0 Å². The molecule has 80 valence electrons. The minimum absolute atomic E-state index is 0.196. The van der Waals surface area contributed by atoms with Gasteiger partial charge in [-0.2, -0.15) is 11.3 Å². The van der Waals surface area contributed by atoms with Crippen molar-refractivity contribution >= 4 is 11.3 Å². The van der Waals surface area contributed by atoms with Crippen LogP contribution in [0.15, 0.2) is 23.0 Å². The summed E-state index contributed by atoms with van der Waals surface area (Å²) in [5, 5.41) is 15.5. The molecule has 1 unspecified atom stereocenters. The van der Waals surface area contributed by atoms with Crippen molar-refractivity contribution in [1.82, 2.24) is 20.3 Å². The lowest BCUT2D eigenvalue weighted by Gasteiger charge is -2.16. The SMILES string of the molecule is CCNC(c1ccsc1)c1cnnn1C.